The van der Waals surface area contributed by atoms with Crippen molar-refractivity contribution in [2.75, 3.05) is 0 Å². The van der Waals surface area contributed by atoms with E-state index in [9.17, 15) is 4.79 Å². The molecule has 1 aliphatic heterocycles. The number of aromatic nitrogens is 1. The predicted octanol–water partition coefficient (Wildman–Crippen LogP) is 3.35. The number of H-pyrrole nitrogens is 1. The Balaban J connectivity index is 1.63. The van der Waals surface area contributed by atoms with Crippen LogP contribution in [-0.4, -0.2) is 11.0 Å². The molecule has 2 aromatic carbocycles. The first-order chi connectivity index (χ1) is 10.8. The lowest BCUT2D eigenvalue weighted by Gasteiger charge is -2.08. The second kappa shape index (κ2) is 5.07. The van der Waals surface area contributed by atoms with Crippen molar-refractivity contribution in [3.05, 3.63) is 77.6 Å². The van der Waals surface area contributed by atoms with Gasteiger partial charge in [0.1, 0.15) is 5.70 Å². The van der Waals surface area contributed by atoms with Crippen LogP contribution in [0.3, 0.4) is 0 Å². The monoisotopic (exact) mass is 290 g/mol. The largest absolute Gasteiger partial charge is 0.433 e. The lowest BCUT2D eigenvalue weighted by Crippen LogP contribution is -2.12. The van der Waals surface area contributed by atoms with E-state index in [2.05, 4.69) is 10.3 Å². The molecule has 1 unspecified atom stereocenters. The molecule has 1 saturated heterocycles. The van der Waals surface area contributed by atoms with Crippen LogP contribution < -0.4 is 5.32 Å². The molecule has 0 spiro atoms. The van der Waals surface area contributed by atoms with E-state index in [0.717, 1.165) is 22.2 Å². The first-order valence-corrected chi connectivity index (χ1v) is 7.11. The third-order valence-corrected chi connectivity index (χ3v) is 3.68. The molecule has 4 rings (SSSR count). The minimum Gasteiger partial charge on any atom is -0.433 e. The van der Waals surface area contributed by atoms with Gasteiger partial charge in [0.25, 0.3) is 0 Å². The van der Waals surface area contributed by atoms with Crippen molar-refractivity contribution in [2.45, 2.75) is 6.23 Å². The molecule has 0 bridgehead atoms. The van der Waals surface area contributed by atoms with Crippen molar-refractivity contribution >= 4 is 22.9 Å². The van der Waals surface area contributed by atoms with E-state index in [0.29, 0.717) is 5.70 Å². The van der Waals surface area contributed by atoms with Crippen LogP contribution in [0.2, 0.25) is 0 Å². The fourth-order valence-corrected chi connectivity index (χ4v) is 2.61. The van der Waals surface area contributed by atoms with Gasteiger partial charge in [-0.1, -0.05) is 48.5 Å². The summed E-state index contributed by atoms with van der Waals surface area (Å²) < 4.78 is 5.37. The second-order valence-electron chi connectivity index (χ2n) is 5.21. The van der Waals surface area contributed by atoms with Crippen LogP contribution in [-0.2, 0) is 9.53 Å². The Hall–Kier alpha value is -3.01. The lowest BCUT2D eigenvalue weighted by molar-refractivity contribution is -0.139. The Kier molecular flexibility index (Phi) is 2.93. The molecule has 2 heterocycles. The van der Waals surface area contributed by atoms with E-state index >= 15 is 0 Å². The molecule has 0 saturated carbocycles. The van der Waals surface area contributed by atoms with E-state index in [4.69, 9.17) is 4.74 Å². The third kappa shape index (κ3) is 2.24. The number of aromatic amines is 1. The molecule has 1 aromatic heterocycles. The van der Waals surface area contributed by atoms with Crippen LogP contribution in [0.5, 0.6) is 0 Å². The zero-order chi connectivity index (χ0) is 14.9. The summed E-state index contributed by atoms with van der Waals surface area (Å²) in [5.74, 6) is -0.340. The summed E-state index contributed by atoms with van der Waals surface area (Å²) in [5, 5.41) is 4.23. The summed E-state index contributed by atoms with van der Waals surface area (Å²) in [7, 11) is 0. The second-order valence-corrected chi connectivity index (χ2v) is 5.21. The number of nitrogens with one attached hydrogen (secondary N) is 2. The smallest absolute Gasteiger partial charge is 0.356 e. The van der Waals surface area contributed by atoms with Gasteiger partial charge < -0.3 is 15.0 Å². The fourth-order valence-electron chi connectivity index (χ4n) is 2.61. The van der Waals surface area contributed by atoms with Gasteiger partial charge in [-0.25, -0.2) is 4.79 Å². The SMILES string of the molecule is O=C1OC(c2ccccc2)N/C1=C/c1cc2ccccc2[nH]1. The molecule has 1 atom stereocenters. The van der Waals surface area contributed by atoms with Crippen LogP contribution in [0.25, 0.3) is 17.0 Å². The molecular formula is C18H14N2O2. The van der Waals surface area contributed by atoms with Gasteiger partial charge in [-0.05, 0) is 23.6 Å². The summed E-state index contributed by atoms with van der Waals surface area (Å²) in [6.07, 6.45) is 1.36. The van der Waals surface area contributed by atoms with Crippen molar-refractivity contribution in [3.63, 3.8) is 0 Å². The van der Waals surface area contributed by atoms with E-state index in [-0.39, 0.29) is 5.97 Å². The maximum Gasteiger partial charge on any atom is 0.356 e. The number of hydrogen-bond acceptors (Lipinski definition) is 3. The molecule has 2 N–H and O–H groups in total. The maximum atomic E-state index is 12.0. The molecular weight excluding hydrogens is 276 g/mol. The summed E-state index contributed by atoms with van der Waals surface area (Å²) in [6, 6.07) is 19.6. The molecule has 0 amide bonds. The number of para-hydroxylation sites is 1. The van der Waals surface area contributed by atoms with Gasteiger partial charge in [0.2, 0.25) is 0 Å². The van der Waals surface area contributed by atoms with Crippen molar-refractivity contribution in [1.82, 2.24) is 10.3 Å². The molecule has 1 fully saturated rings. The Bertz CT molecular complexity index is 832. The van der Waals surface area contributed by atoms with Crippen molar-refractivity contribution < 1.29 is 9.53 Å². The van der Waals surface area contributed by atoms with Crippen molar-refractivity contribution in [1.29, 1.82) is 0 Å². The van der Waals surface area contributed by atoms with Crippen molar-refractivity contribution in [3.8, 4) is 0 Å². The Labute approximate surface area is 127 Å². The number of ether oxygens (including phenoxy) is 1. The number of hydrogen-bond donors (Lipinski definition) is 2. The van der Waals surface area contributed by atoms with Crippen molar-refractivity contribution in [2.24, 2.45) is 0 Å². The average molecular weight is 290 g/mol. The number of fused-ring (bicyclic) bond motifs is 1. The quantitative estimate of drug-likeness (QED) is 0.562. The summed E-state index contributed by atoms with van der Waals surface area (Å²) >= 11 is 0. The molecule has 4 nitrogen and oxygen atoms in total. The number of carbonyl (C=O) groups excluding carboxylic acids is 1. The van der Waals surface area contributed by atoms with Crippen LogP contribution in [0.4, 0.5) is 0 Å². The zero-order valence-electron chi connectivity index (χ0n) is 11.7. The highest BCUT2D eigenvalue weighted by molar-refractivity contribution is 5.95. The van der Waals surface area contributed by atoms with Gasteiger partial charge in [0.05, 0.1) is 0 Å². The minimum atomic E-state index is -0.427. The molecule has 22 heavy (non-hydrogen) atoms. The molecule has 0 aliphatic carbocycles. The highest BCUT2D eigenvalue weighted by Crippen LogP contribution is 2.25. The topological polar surface area (TPSA) is 54.1 Å². The van der Waals surface area contributed by atoms with Crippen LogP contribution in [0.15, 0.2) is 66.4 Å². The number of benzene rings is 2. The molecule has 0 radical (unpaired) electrons. The van der Waals surface area contributed by atoms with Crippen LogP contribution in [0.1, 0.15) is 17.5 Å². The lowest BCUT2D eigenvalue weighted by atomic mass is 10.2. The van der Waals surface area contributed by atoms with E-state index in [1.807, 2.05) is 60.7 Å². The van der Waals surface area contributed by atoms with Gasteiger partial charge in [-0.3, -0.25) is 0 Å². The van der Waals surface area contributed by atoms with Crippen LogP contribution in [0, 0.1) is 0 Å². The highest BCUT2D eigenvalue weighted by atomic mass is 16.6. The molecule has 4 heteroatoms. The van der Waals surface area contributed by atoms with Gasteiger partial charge in [-0.2, -0.15) is 0 Å². The van der Waals surface area contributed by atoms with E-state index < -0.39 is 6.23 Å². The third-order valence-electron chi connectivity index (χ3n) is 3.68. The highest BCUT2D eigenvalue weighted by Gasteiger charge is 2.29. The summed E-state index contributed by atoms with van der Waals surface area (Å²) in [5.41, 5.74) is 3.30. The van der Waals surface area contributed by atoms with Gasteiger partial charge in [0.15, 0.2) is 6.23 Å². The zero-order valence-corrected chi connectivity index (χ0v) is 11.7. The Morgan fingerprint density at radius 3 is 2.59 bits per heavy atom. The van der Waals surface area contributed by atoms with E-state index in [1.165, 1.54) is 0 Å². The van der Waals surface area contributed by atoms with Gasteiger partial charge in [-0.15, -0.1) is 0 Å². The predicted molar refractivity (Wildman–Crippen MR) is 84.7 cm³/mol. The average Bonchev–Trinajstić information content (AvgIpc) is 3.12. The number of carbonyl (C=O) groups is 1. The fraction of sp³-hybridized carbons (Fsp3) is 0.0556. The number of esters is 1. The molecule has 1 aliphatic rings. The summed E-state index contributed by atoms with van der Waals surface area (Å²) in [6.45, 7) is 0. The molecule has 3 aromatic rings. The van der Waals surface area contributed by atoms with Gasteiger partial charge >= 0.3 is 5.97 Å². The van der Waals surface area contributed by atoms with Crippen LogP contribution >= 0.6 is 0 Å². The standard InChI is InChI=1S/C18H14N2O2/c21-18-16(20-17(22-18)12-6-2-1-3-7-12)11-14-10-13-8-4-5-9-15(13)19-14/h1-11,17,19-20H/b16-11+. The number of rotatable bonds is 2. The Morgan fingerprint density at radius 2 is 1.77 bits per heavy atom. The van der Waals surface area contributed by atoms with E-state index in [1.54, 1.807) is 6.08 Å². The first kappa shape index (κ1) is 12.7. The Morgan fingerprint density at radius 1 is 1.00 bits per heavy atom. The van der Waals surface area contributed by atoms with Gasteiger partial charge in [0, 0.05) is 16.8 Å². The maximum absolute atomic E-state index is 12.0. The molecule has 108 valence electrons. The summed E-state index contributed by atoms with van der Waals surface area (Å²) in [4.78, 5) is 15.3. The normalized spacial score (nSPS) is 19.4. The minimum absolute atomic E-state index is 0.340. The first-order valence-electron chi connectivity index (χ1n) is 7.11. The number of cyclic esters (lactones) is 1.